The van der Waals surface area contributed by atoms with E-state index < -0.39 is 36.3 Å². The zero-order chi connectivity index (χ0) is 25.4. The minimum atomic E-state index is -1.35. The second-order valence-electron chi connectivity index (χ2n) is 8.74. The van der Waals surface area contributed by atoms with Gasteiger partial charge < -0.3 is 20.8 Å². The monoisotopic (exact) mass is 489 g/mol. The summed E-state index contributed by atoms with van der Waals surface area (Å²) in [5.41, 5.74) is 8.44. The molecule has 1 aromatic heterocycles. The van der Waals surface area contributed by atoms with Gasteiger partial charge in [0.2, 0.25) is 5.91 Å². The van der Waals surface area contributed by atoms with Crippen molar-refractivity contribution in [2.45, 2.75) is 51.0 Å². The van der Waals surface area contributed by atoms with E-state index in [2.05, 4.69) is 15.7 Å². The Hall–Kier alpha value is -3.63. The predicted octanol–water partition coefficient (Wildman–Crippen LogP) is 1.95. The average Bonchev–Trinajstić information content (AvgIpc) is 3.30. The number of nitrogens with two attached hydrogens (primary N) is 1. The lowest BCUT2D eigenvalue weighted by molar-refractivity contribution is -0.143. The van der Waals surface area contributed by atoms with Crippen LogP contribution in [0.3, 0.4) is 0 Å². The Morgan fingerprint density at radius 3 is 2.63 bits per heavy atom. The van der Waals surface area contributed by atoms with Crippen LogP contribution in [0.2, 0.25) is 0 Å². The fraction of sp³-hybridized carbons (Fsp3) is 0.500. The maximum Gasteiger partial charge on any atom is 0.272 e. The molecule has 190 valence electrons. The molecular formula is C24H32FN5O5. The molecule has 0 bridgehead atoms. The maximum absolute atomic E-state index is 13.1. The Balaban J connectivity index is 1.78. The smallest absolute Gasteiger partial charge is 0.272 e. The summed E-state index contributed by atoms with van der Waals surface area (Å²) < 4.78 is 18.4. The van der Waals surface area contributed by atoms with E-state index in [0.717, 1.165) is 42.5 Å². The molecule has 5 N–H and O–H groups in total. The Kier molecular flexibility index (Phi) is 9.04. The number of benzene rings is 1. The van der Waals surface area contributed by atoms with E-state index in [9.17, 15) is 23.6 Å². The SMILES string of the molecule is COc1cccc2[nH]c(C(=O)N[C@H](CC3CCCCC3)C(=O)NN(CCC(N)=O)C(=O)CF)cc12. The van der Waals surface area contributed by atoms with Gasteiger partial charge in [0, 0.05) is 17.3 Å². The van der Waals surface area contributed by atoms with Gasteiger partial charge in [0.1, 0.15) is 17.5 Å². The first kappa shape index (κ1) is 26.0. The van der Waals surface area contributed by atoms with Crippen molar-refractivity contribution >= 4 is 34.5 Å². The Bertz CT molecular complexity index is 1070. The van der Waals surface area contributed by atoms with E-state index in [-0.39, 0.29) is 24.6 Å². The van der Waals surface area contributed by atoms with Crippen molar-refractivity contribution in [3.8, 4) is 5.75 Å². The fourth-order valence-corrected chi connectivity index (χ4v) is 4.40. The highest BCUT2D eigenvalue weighted by molar-refractivity contribution is 6.01. The summed E-state index contributed by atoms with van der Waals surface area (Å²) in [6.07, 6.45) is 5.19. The number of hydrogen-bond acceptors (Lipinski definition) is 5. The van der Waals surface area contributed by atoms with Gasteiger partial charge in [-0.1, -0.05) is 38.2 Å². The number of primary amides is 1. The number of alkyl halides is 1. The van der Waals surface area contributed by atoms with Gasteiger partial charge in [-0.05, 0) is 30.5 Å². The van der Waals surface area contributed by atoms with E-state index in [0.29, 0.717) is 17.7 Å². The summed E-state index contributed by atoms with van der Waals surface area (Å²) in [6, 6.07) is 6.05. The van der Waals surface area contributed by atoms with Crippen LogP contribution >= 0.6 is 0 Å². The largest absolute Gasteiger partial charge is 0.496 e. The molecule has 3 rings (SSSR count). The molecule has 1 heterocycles. The highest BCUT2D eigenvalue weighted by atomic mass is 19.1. The third-order valence-electron chi connectivity index (χ3n) is 6.25. The van der Waals surface area contributed by atoms with E-state index in [4.69, 9.17) is 10.5 Å². The number of halogens is 1. The van der Waals surface area contributed by atoms with Crippen molar-refractivity contribution in [2.75, 3.05) is 20.3 Å². The number of H-pyrrole nitrogens is 1. The predicted molar refractivity (Wildman–Crippen MR) is 127 cm³/mol. The van der Waals surface area contributed by atoms with Gasteiger partial charge in [0.25, 0.3) is 17.7 Å². The average molecular weight is 490 g/mol. The number of nitrogens with one attached hydrogen (secondary N) is 3. The highest BCUT2D eigenvalue weighted by Crippen LogP contribution is 2.28. The Morgan fingerprint density at radius 2 is 1.97 bits per heavy atom. The van der Waals surface area contributed by atoms with Gasteiger partial charge in [0.05, 0.1) is 13.7 Å². The molecule has 1 saturated carbocycles. The normalized spacial score (nSPS) is 14.8. The zero-order valence-corrected chi connectivity index (χ0v) is 19.8. The van der Waals surface area contributed by atoms with Gasteiger partial charge >= 0.3 is 0 Å². The summed E-state index contributed by atoms with van der Waals surface area (Å²) in [5.74, 6) is -2.05. The van der Waals surface area contributed by atoms with Crippen molar-refractivity contribution < 1.29 is 28.3 Å². The number of carbonyl (C=O) groups excluding carboxylic acids is 4. The molecule has 2 aromatic rings. The first-order valence-electron chi connectivity index (χ1n) is 11.7. The molecule has 1 aliphatic carbocycles. The van der Waals surface area contributed by atoms with Gasteiger partial charge in [-0.2, -0.15) is 0 Å². The minimum Gasteiger partial charge on any atom is -0.496 e. The molecule has 35 heavy (non-hydrogen) atoms. The highest BCUT2D eigenvalue weighted by Gasteiger charge is 2.29. The molecule has 4 amide bonds. The lowest BCUT2D eigenvalue weighted by Crippen LogP contribution is -2.55. The fourth-order valence-electron chi connectivity index (χ4n) is 4.40. The number of ether oxygens (including phenoxy) is 1. The number of aromatic amines is 1. The topological polar surface area (TPSA) is 147 Å². The van der Waals surface area contributed by atoms with Crippen molar-refractivity contribution in [2.24, 2.45) is 11.7 Å². The summed E-state index contributed by atoms with van der Waals surface area (Å²) in [5, 5.41) is 4.22. The molecule has 1 fully saturated rings. The van der Waals surface area contributed by atoms with Crippen LogP contribution in [-0.2, 0) is 14.4 Å². The Labute approximate surface area is 202 Å². The number of fused-ring (bicyclic) bond motifs is 1. The van der Waals surface area contributed by atoms with Crippen molar-refractivity contribution in [3.05, 3.63) is 30.0 Å². The van der Waals surface area contributed by atoms with E-state index in [1.54, 1.807) is 24.3 Å². The van der Waals surface area contributed by atoms with Gasteiger partial charge in [0.15, 0.2) is 6.67 Å². The summed E-state index contributed by atoms with van der Waals surface area (Å²) in [6.45, 7) is -1.62. The number of rotatable bonds is 10. The quantitative estimate of drug-likeness (QED) is 0.377. The molecular weight excluding hydrogens is 457 g/mol. The van der Waals surface area contributed by atoms with Crippen molar-refractivity contribution in [1.82, 2.24) is 20.7 Å². The van der Waals surface area contributed by atoms with Crippen LogP contribution in [0.4, 0.5) is 4.39 Å². The number of nitrogens with zero attached hydrogens (tertiary/aromatic N) is 1. The van der Waals surface area contributed by atoms with Crippen LogP contribution in [0, 0.1) is 5.92 Å². The summed E-state index contributed by atoms with van der Waals surface area (Å²) >= 11 is 0. The summed E-state index contributed by atoms with van der Waals surface area (Å²) in [7, 11) is 1.54. The van der Waals surface area contributed by atoms with Gasteiger partial charge in [-0.15, -0.1) is 0 Å². The molecule has 0 aliphatic heterocycles. The molecule has 1 aromatic carbocycles. The van der Waals surface area contributed by atoms with Gasteiger partial charge in [-0.25, -0.2) is 4.39 Å². The van der Waals surface area contributed by atoms with Gasteiger partial charge in [-0.3, -0.25) is 29.6 Å². The number of carbonyl (C=O) groups is 4. The maximum atomic E-state index is 13.1. The minimum absolute atomic E-state index is 0.221. The molecule has 0 spiro atoms. The lowest BCUT2D eigenvalue weighted by Gasteiger charge is -2.29. The molecule has 0 unspecified atom stereocenters. The standard InChI is InChI=1S/C24H32FN5O5/c1-35-20-9-5-8-17-16(20)13-19(27-17)23(33)28-18(12-15-6-3-2-4-7-15)24(34)29-30(22(32)14-25)11-10-21(26)31/h5,8-9,13,15,18,27H,2-4,6-7,10-12,14H2,1H3,(H2,26,31)(H,28,33)(H,29,34)/t18-/m1/s1. The van der Waals surface area contributed by atoms with Crippen LogP contribution in [0.15, 0.2) is 24.3 Å². The van der Waals surface area contributed by atoms with Crippen LogP contribution in [0.25, 0.3) is 10.9 Å². The molecule has 0 saturated heterocycles. The number of aromatic nitrogens is 1. The second-order valence-corrected chi connectivity index (χ2v) is 8.74. The third kappa shape index (κ3) is 6.93. The molecule has 0 radical (unpaired) electrons. The summed E-state index contributed by atoms with van der Waals surface area (Å²) in [4.78, 5) is 52.4. The number of hydrogen-bond donors (Lipinski definition) is 4. The lowest BCUT2D eigenvalue weighted by atomic mass is 9.84. The van der Waals surface area contributed by atoms with Crippen LogP contribution < -0.4 is 21.2 Å². The molecule has 11 heteroatoms. The number of amides is 4. The van der Waals surface area contributed by atoms with E-state index in [1.807, 2.05) is 0 Å². The first-order valence-corrected chi connectivity index (χ1v) is 11.7. The Morgan fingerprint density at radius 1 is 1.23 bits per heavy atom. The molecule has 1 atom stereocenters. The second kappa shape index (κ2) is 12.2. The van der Waals surface area contributed by atoms with E-state index in [1.165, 1.54) is 7.11 Å². The van der Waals surface area contributed by atoms with Crippen LogP contribution in [0.5, 0.6) is 5.75 Å². The van der Waals surface area contributed by atoms with E-state index >= 15 is 0 Å². The first-order chi connectivity index (χ1) is 16.8. The molecule has 10 nitrogen and oxygen atoms in total. The number of hydrazine groups is 1. The van der Waals surface area contributed by atoms with Crippen LogP contribution in [0.1, 0.15) is 55.4 Å². The number of methoxy groups -OCH3 is 1. The van der Waals surface area contributed by atoms with Crippen LogP contribution in [-0.4, -0.2) is 60.0 Å². The zero-order valence-electron chi connectivity index (χ0n) is 19.8. The molecule has 1 aliphatic rings. The third-order valence-corrected chi connectivity index (χ3v) is 6.25. The van der Waals surface area contributed by atoms with Crippen molar-refractivity contribution in [3.63, 3.8) is 0 Å². The van der Waals surface area contributed by atoms with Crippen molar-refractivity contribution in [1.29, 1.82) is 0 Å².